The maximum absolute atomic E-state index is 12.1. The van der Waals surface area contributed by atoms with E-state index in [0.29, 0.717) is 12.1 Å². The van der Waals surface area contributed by atoms with Crippen LogP contribution in [0, 0.1) is 5.92 Å². The van der Waals surface area contributed by atoms with E-state index in [1.807, 2.05) is 6.92 Å². The van der Waals surface area contributed by atoms with Crippen LogP contribution in [0.1, 0.15) is 72.6 Å². The van der Waals surface area contributed by atoms with Gasteiger partial charge in [0.05, 0.1) is 12.3 Å². The van der Waals surface area contributed by atoms with Crippen molar-refractivity contribution in [3.63, 3.8) is 0 Å². The van der Waals surface area contributed by atoms with Gasteiger partial charge in [0.2, 0.25) is 0 Å². The van der Waals surface area contributed by atoms with E-state index in [1.165, 1.54) is 0 Å². The number of hydrogen-bond donors (Lipinski definition) is 1. The maximum Gasteiger partial charge on any atom is 0.328 e. The summed E-state index contributed by atoms with van der Waals surface area (Å²) in [6, 6.07) is 0. The first kappa shape index (κ1) is 18.1. The van der Waals surface area contributed by atoms with E-state index in [4.69, 9.17) is 4.52 Å². The summed E-state index contributed by atoms with van der Waals surface area (Å²) in [6.45, 7) is 8.24. The van der Waals surface area contributed by atoms with E-state index in [2.05, 4.69) is 20.8 Å². The molecule has 0 rings (SSSR count). The molecule has 0 aliphatic carbocycles. The molecule has 3 unspecified atom stereocenters. The van der Waals surface area contributed by atoms with Crippen molar-refractivity contribution >= 4 is 7.60 Å². The van der Waals surface area contributed by atoms with Gasteiger partial charge in [0, 0.05) is 0 Å². The van der Waals surface area contributed by atoms with Gasteiger partial charge in [-0.05, 0) is 25.7 Å². The van der Waals surface area contributed by atoms with Gasteiger partial charge < -0.3 is 9.42 Å². The van der Waals surface area contributed by atoms with Crippen molar-refractivity contribution in [1.82, 2.24) is 0 Å². The van der Waals surface area contributed by atoms with Crippen molar-refractivity contribution in [1.29, 1.82) is 0 Å². The van der Waals surface area contributed by atoms with Crippen molar-refractivity contribution in [2.45, 2.75) is 78.7 Å². The Bertz CT molecular complexity index is 243. The topological polar surface area (TPSA) is 46.5 Å². The van der Waals surface area contributed by atoms with Gasteiger partial charge >= 0.3 is 7.60 Å². The number of rotatable bonds is 11. The Morgan fingerprint density at radius 1 is 1.11 bits per heavy atom. The molecule has 1 N–H and O–H groups in total. The van der Waals surface area contributed by atoms with Crippen LogP contribution < -0.4 is 0 Å². The van der Waals surface area contributed by atoms with Crippen molar-refractivity contribution in [3.05, 3.63) is 0 Å². The minimum atomic E-state index is -3.40. The van der Waals surface area contributed by atoms with Crippen LogP contribution in [0.5, 0.6) is 0 Å². The molecule has 3 nitrogen and oxygen atoms in total. The van der Waals surface area contributed by atoms with Crippen molar-refractivity contribution < 1.29 is 14.0 Å². The molecule has 0 heterocycles. The molecule has 3 atom stereocenters. The molecule has 110 valence electrons. The van der Waals surface area contributed by atoms with Crippen molar-refractivity contribution in [2.24, 2.45) is 5.92 Å². The Balaban J connectivity index is 4.13. The second-order valence-corrected chi connectivity index (χ2v) is 7.15. The highest BCUT2D eigenvalue weighted by molar-refractivity contribution is 7.52. The monoisotopic (exact) mass is 278 g/mol. The van der Waals surface area contributed by atoms with Crippen molar-refractivity contribution in [3.8, 4) is 0 Å². The quantitative estimate of drug-likeness (QED) is 0.542. The van der Waals surface area contributed by atoms with Gasteiger partial charge in [-0.3, -0.25) is 4.57 Å². The molecule has 0 aliphatic heterocycles. The van der Waals surface area contributed by atoms with Gasteiger partial charge in [-0.2, -0.15) is 0 Å². The smallest absolute Gasteiger partial charge is 0.324 e. The normalized spacial score (nSPS) is 18.3. The zero-order chi connectivity index (χ0) is 14.0. The maximum atomic E-state index is 12.1. The van der Waals surface area contributed by atoms with Crippen LogP contribution in [0.15, 0.2) is 0 Å². The van der Waals surface area contributed by atoms with Crippen LogP contribution in [-0.2, 0) is 9.09 Å². The molecular weight excluding hydrogens is 247 g/mol. The molecule has 0 fully saturated rings. The molecule has 0 aromatic rings. The zero-order valence-corrected chi connectivity index (χ0v) is 13.4. The van der Waals surface area contributed by atoms with Crippen LogP contribution in [0.4, 0.5) is 0 Å². The molecule has 0 saturated carbocycles. The molecule has 0 radical (unpaired) electrons. The third kappa shape index (κ3) is 9.13. The summed E-state index contributed by atoms with van der Waals surface area (Å²) in [4.78, 5) is 9.92. The van der Waals surface area contributed by atoms with Crippen LogP contribution >= 0.6 is 7.60 Å². The van der Waals surface area contributed by atoms with Gasteiger partial charge in [-0.15, -0.1) is 0 Å². The van der Waals surface area contributed by atoms with E-state index in [0.717, 1.165) is 44.9 Å². The molecule has 0 saturated heterocycles. The summed E-state index contributed by atoms with van der Waals surface area (Å²) >= 11 is 0. The number of unbranched alkanes of at least 4 members (excludes halogenated alkanes) is 2. The fourth-order valence-corrected chi connectivity index (χ4v) is 3.96. The summed E-state index contributed by atoms with van der Waals surface area (Å²) in [5, 5.41) is 0. The minimum Gasteiger partial charge on any atom is -0.324 e. The molecule has 0 aliphatic rings. The third-order valence-corrected chi connectivity index (χ3v) is 5.01. The summed E-state index contributed by atoms with van der Waals surface area (Å²) in [7, 11) is -3.40. The first-order valence-corrected chi connectivity index (χ1v) is 9.21. The van der Waals surface area contributed by atoms with Crippen LogP contribution in [0.2, 0.25) is 0 Å². The number of hydrogen-bond acceptors (Lipinski definition) is 2. The van der Waals surface area contributed by atoms with Crippen LogP contribution in [0.25, 0.3) is 0 Å². The Kier molecular flexibility index (Phi) is 10.1. The average molecular weight is 278 g/mol. The second-order valence-electron chi connectivity index (χ2n) is 5.29. The molecule has 18 heavy (non-hydrogen) atoms. The van der Waals surface area contributed by atoms with Crippen LogP contribution in [0.3, 0.4) is 0 Å². The summed E-state index contributed by atoms with van der Waals surface area (Å²) in [5.41, 5.74) is 0. The Morgan fingerprint density at radius 2 is 1.67 bits per heavy atom. The molecule has 0 aromatic heterocycles. The van der Waals surface area contributed by atoms with E-state index in [9.17, 15) is 9.46 Å². The first-order valence-electron chi connectivity index (χ1n) is 7.45. The van der Waals surface area contributed by atoms with Crippen molar-refractivity contribution in [2.75, 3.05) is 6.16 Å². The lowest BCUT2D eigenvalue weighted by molar-refractivity contribution is 0.175. The minimum absolute atomic E-state index is 0.107. The van der Waals surface area contributed by atoms with Gasteiger partial charge in [0.25, 0.3) is 0 Å². The first-order chi connectivity index (χ1) is 8.45. The molecule has 4 heteroatoms. The lowest BCUT2D eigenvalue weighted by atomic mass is 10.0. The summed E-state index contributed by atoms with van der Waals surface area (Å²) in [6.07, 6.45) is 7.48. The predicted molar refractivity (Wildman–Crippen MR) is 78.1 cm³/mol. The van der Waals surface area contributed by atoms with Crippen LogP contribution in [-0.4, -0.2) is 17.2 Å². The molecule has 0 amide bonds. The Labute approximate surface area is 113 Å². The highest BCUT2D eigenvalue weighted by Gasteiger charge is 2.26. The largest absolute Gasteiger partial charge is 0.328 e. The zero-order valence-electron chi connectivity index (χ0n) is 12.5. The predicted octanol–water partition coefficient (Wildman–Crippen LogP) is 4.98. The highest BCUT2D eigenvalue weighted by atomic mass is 31.2. The van der Waals surface area contributed by atoms with E-state index < -0.39 is 7.60 Å². The average Bonchev–Trinajstić information content (AvgIpc) is 2.31. The fourth-order valence-electron chi connectivity index (χ4n) is 2.11. The Hall–Kier alpha value is 0.150. The third-order valence-electron chi connectivity index (χ3n) is 3.34. The van der Waals surface area contributed by atoms with E-state index in [-0.39, 0.29) is 6.10 Å². The lowest BCUT2D eigenvalue weighted by Crippen LogP contribution is -2.12. The van der Waals surface area contributed by atoms with Gasteiger partial charge in [0.15, 0.2) is 0 Å². The standard InChI is InChI=1S/C14H31O3P/c1-5-8-10-13(4)17-18(15,16)12-14(7-3)11-9-6-2/h13-14H,5-12H2,1-4H3,(H,15,16). The summed E-state index contributed by atoms with van der Waals surface area (Å²) in [5.74, 6) is 0.319. The second kappa shape index (κ2) is 10.00. The SMILES string of the molecule is CCCCC(CC)CP(=O)(O)OC(C)CCCC. The Morgan fingerprint density at radius 3 is 2.17 bits per heavy atom. The summed E-state index contributed by atoms with van der Waals surface area (Å²) < 4.78 is 17.4. The molecular formula is C14H31O3P. The lowest BCUT2D eigenvalue weighted by Gasteiger charge is -2.22. The molecule has 0 aromatic carbocycles. The van der Waals surface area contributed by atoms with Gasteiger partial charge in [-0.1, -0.05) is 52.9 Å². The molecule has 0 spiro atoms. The molecule has 0 bridgehead atoms. The van der Waals surface area contributed by atoms with E-state index in [1.54, 1.807) is 0 Å². The van der Waals surface area contributed by atoms with E-state index >= 15 is 0 Å². The van der Waals surface area contributed by atoms with Gasteiger partial charge in [0.1, 0.15) is 0 Å². The highest BCUT2D eigenvalue weighted by Crippen LogP contribution is 2.46. The van der Waals surface area contributed by atoms with Gasteiger partial charge in [-0.25, -0.2) is 0 Å². The fraction of sp³-hybridized carbons (Fsp3) is 1.00.